The molecule has 54 heavy (non-hydrogen) atoms. The van der Waals surface area contributed by atoms with Crippen LogP contribution >= 0.6 is 0 Å². The van der Waals surface area contributed by atoms with Crippen LogP contribution in [0.2, 0.25) is 0 Å². The molecule has 0 aliphatic rings. The Morgan fingerprint density at radius 1 is 0.185 bits per heavy atom. The molecule has 0 aliphatic heterocycles. The van der Waals surface area contributed by atoms with Gasteiger partial charge in [-0.1, -0.05) is 206 Å². The van der Waals surface area contributed by atoms with Crippen molar-refractivity contribution in [2.24, 2.45) is 0 Å². The predicted octanol–water partition coefficient (Wildman–Crippen LogP) is 13.2. The van der Waals surface area contributed by atoms with Gasteiger partial charge in [-0.15, -0.1) is 0 Å². The van der Waals surface area contributed by atoms with E-state index < -0.39 is 0 Å². The molecule has 0 unspecified atom stereocenters. The summed E-state index contributed by atoms with van der Waals surface area (Å²) in [5.74, 6) is 1.87. The lowest BCUT2D eigenvalue weighted by molar-refractivity contribution is 1.07. The Hall–Kier alpha value is -7.23. The second kappa shape index (κ2) is 14.8. The SMILES string of the molecule is c1ccc(-c2ccc(-c3nc(-c4cccc(-c5ccccc5-c5ccccc5)c4)nc(-c4ccccc4-c4ccc(-c5ccccc5)cc4)n3)cc2)cc1. The molecule has 0 spiro atoms. The molecule has 0 fully saturated rings. The van der Waals surface area contributed by atoms with Gasteiger partial charge in [-0.2, -0.15) is 0 Å². The number of aromatic nitrogens is 3. The fourth-order valence-electron chi connectivity index (χ4n) is 7.03. The minimum Gasteiger partial charge on any atom is -0.208 e. The van der Waals surface area contributed by atoms with E-state index in [4.69, 9.17) is 15.0 Å². The molecule has 0 saturated carbocycles. The molecule has 0 saturated heterocycles. The molecule has 1 aromatic heterocycles. The van der Waals surface area contributed by atoms with Crippen molar-refractivity contribution in [1.29, 1.82) is 0 Å². The van der Waals surface area contributed by atoms with Crippen LogP contribution in [0.15, 0.2) is 212 Å². The van der Waals surface area contributed by atoms with Crippen molar-refractivity contribution in [2.45, 2.75) is 0 Å². The zero-order valence-electron chi connectivity index (χ0n) is 29.5. The smallest absolute Gasteiger partial charge is 0.164 e. The van der Waals surface area contributed by atoms with Crippen molar-refractivity contribution in [3.05, 3.63) is 212 Å². The maximum absolute atomic E-state index is 5.21. The molecular weight excluding hydrogens is 655 g/mol. The maximum Gasteiger partial charge on any atom is 0.164 e. The van der Waals surface area contributed by atoms with E-state index in [1.165, 1.54) is 27.8 Å². The lowest BCUT2D eigenvalue weighted by atomic mass is 9.93. The second-order valence-electron chi connectivity index (χ2n) is 13.2. The third kappa shape index (κ3) is 6.74. The summed E-state index contributed by atoms with van der Waals surface area (Å²) in [4.78, 5) is 15.5. The van der Waals surface area contributed by atoms with Crippen molar-refractivity contribution in [1.82, 2.24) is 15.0 Å². The largest absolute Gasteiger partial charge is 0.208 e. The van der Waals surface area contributed by atoms with E-state index in [2.05, 4.69) is 200 Å². The van der Waals surface area contributed by atoms with Crippen LogP contribution in [0, 0.1) is 0 Å². The van der Waals surface area contributed by atoms with Gasteiger partial charge in [0.15, 0.2) is 17.5 Å². The van der Waals surface area contributed by atoms with E-state index in [-0.39, 0.29) is 0 Å². The Morgan fingerprint density at radius 2 is 0.500 bits per heavy atom. The van der Waals surface area contributed by atoms with Gasteiger partial charge in [0.05, 0.1) is 0 Å². The first-order valence-corrected chi connectivity index (χ1v) is 18.2. The first-order valence-electron chi connectivity index (χ1n) is 18.2. The van der Waals surface area contributed by atoms with Crippen molar-refractivity contribution in [3.8, 4) is 89.8 Å². The highest BCUT2D eigenvalue weighted by Crippen LogP contribution is 2.36. The number of hydrogen-bond donors (Lipinski definition) is 0. The highest BCUT2D eigenvalue weighted by Gasteiger charge is 2.17. The average molecular weight is 690 g/mol. The van der Waals surface area contributed by atoms with Gasteiger partial charge in [-0.25, -0.2) is 15.0 Å². The molecule has 9 rings (SSSR count). The molecule has 3 nitrogen and oxygen atoms in total. The van der Waals surface area contributed by atoms with Gasteiger partial charge >= 0.3 is 0 Å². The number of benzene rings is 8. The van der Waals surface area contributed by atoms with Crippen LogP contribution < -0.4 is 0 Å². The predicted molar refractivity (Wildman–Crippen MR) is 223 cm³/mol. The standard InChI is InChI=1S/C51H35N3/c1-4-15-36(16-5-1)38-27-31-41(32-28-38)46-24-12-13-26-48(46)51-53-49(42-33-29-39(30-34-42)37-17-6-2-7-18-37)52-50(54-51)44-22-14-21-43(35-44)47-25-11-10-23-45(47)40-19-8-3-9-20-40/h1-35H. The summed E-state index contributed by atoms with van der Waals surface area (Å²) in [5, 5.41) is 0. The topological polar surface area (TPSA) is 38.7 Å². The normalized spacial score (nSPS) is 11.0. The second-order valence-corrected chi connectivity index (χ2v) is 13.2. The van der Waals surface area contributed by atoms with Crippen LogP contribution in [0.5, 0.6) is 0 Å². The lowest BCUT2D eigenvalue weighted by Gasteiger charge is -2.14. The minimum atomic E-state index is 0.621. The summed E-state index contributed by atoms with van der Waals surface area (Å²) >= 11 is 0. The molecule has 0 atom stereocenters. The Labute approximate surface area is 316 Å². The number of nitrogens with zero attached hydrogens (tertiary/aromatic N) is 3. The number of rotatable bonds is 8. The minimum absolute atomic E-state index is 0.621. The van der Waals surface area contributed by atoms with E-state index in [1.807, 2.05) is 12.1 Å². The molecule has 9 aromatic rings. The summed E-state index contributed by atoms with van der Waals surface area (Å²) < 4.78 is 0. The van der Waals surface area contributed by atoms with E-state index in [0.717, 1.165) is 44.5 Å². The summed E-state index contributed by atoms with van der Waals surface area (Å²) in [6.45, 7) is 0. The molecule has 0 radical (unpaired) electrons. The maximum atomic E-state index is 5.21. The molecule has 0 N–H and O–H groups in total. The molecule has 0 bridgehead atoms. The summed E-state index contributed by atoms with van der Waals surface area (Å²) in [6.07, 6.45) is 0. The van der Waals surface area contributed by atoms with Gasteiger partial charge < -0.3 is 0 Å². The van der Waals surface area contributed by atoms with Crippen LogP contribution in [0.25, 0.3) is 89.8 Å². The highest BCUT2D eigenvalue weighted by molar-refractivity contribution is 5.86. The lowest BCUT2D eigenvalue weighted by Crippen LogP contribution is -2.01. The summed E-state index contributed by atoms with van der Waals surface area (Å²) in [5.41, 5.74) is 14.2. The van der Waals surface area contributed by atoms with E-state index in [1.54, 1.807) is 0 Å². The summed E-state index contributed by atoms with van der Waals surface area (Å²) in [7, 11) is 0. The molecule has 0 amide bonds. The Kier molecular flexibility index (Phi) is 8.94. The first-order chi connectivity index (χ1) is 26.8. The highest BCUT2D eigenvalue weighted by atomic mass is 15.0. The molecule has 0 aliphatic carbocycles. The van der Waals surface area contributed by atoms with Crippen molar-refractivity contribution in [2.75, 3.05) is 0 Å². The van der Waals surface area contributed by atoms with Crippen LogP contribution in [-0.4, -0.2) is 15.0 Å². The molecule has 1 heterocycles. The van der Waals surface area contributed by atoms with Crippen LogP contribution in [0.1, 0.15) is 0 Å². The van der Waals surface area contributed by atoms with Crippen molar-refractivity contribution >= 4 is 0 Å². The van der Waals surface area contributed by atoms with Crippen LogP contribution in [-0.2, 0) is 0 Å². The van der Waals surface area contributed by atoms with Gasteiger partial charge in [0.2, 0.25) is 0 Å². The van der Waals surface area contributed by atoms with Gasteiger partial charge in [0.1, 0.15) is 0 Å². The van der Waals surface area contributed by atoms with E-state index >= 15 is 0 Å². The van der Waals surface area contributed by atoms with Crippen molar-refractivity contribution in [3.63, 3.8) is 0 Å². The van der Waals surface area contributed by atoms with Crippen molar-refractivity contribution < 1.29 is 0 Å². The Balaban J connectivity index is 1.17. The molecular formula is C51H35N3. The first kappa shape index (κ1) is 32.7. The van der Waals surface area contributed by atoms with Gasteiger partial charge in [-0.3, -0.25) is 0 Å². The van der Waals surface area contributed by atoms with Gasteiger partial charge in [-0.05, 0) is 61.7 Å². The van der Waals surface area contributed by atoms with Crippen LogP contribution in [0.4, 0.5) is 0 Å². The zero-order chi connectivity index (χ0) is 36.1. The Morgan fingerprint density at radius 3 is 1.06 bits per heavy atom. The fraction of sp³-hybridized carbons (Fsp3) is 0. The Bertz CT molecular complexity index is 2670. The fourth-order valence-corrected chi connectivity index (χ4v) is 7.03. The quantitative estimate of drug-likeness (QED) is 0.159. The third-order valence-corrected chi connectivity index (χ3v) is 9.80. The average Bonchev–Trinajstić information content (AvgIpc) is 3.27. The summed E-state index contributed by atoms with van der Waals surface area (Å²) in [6, 6.07) is 74.0. The van der Waals surface area contributed by atoms with E-state index in [9.17, 15) is 0 Å². The molecule has 3 heteroatoms. The van der Waals surface area contributed by atoms with Gasteiger partial charge in [0.25, 0.3) is 0 Å². The number of hydrogen-bond acceptors (Lipinski definition) is 3. The van der Waals surface area contributed by atoms with Crippen LogP contribution in [0.3, 0.4) is 0 Å². The molecule has 254 valence electrons. The van der Waals surface area contributed by atoms with E-state index in [0.29, 0.717) is 17.5 Å². The monoisotopic (exact) mass is 689 g/mol. The molecule has 8 aromatic carbocycles. The van der Waals surface area contributed by atoms with Gasteiger partial charge in [0, 0.05) is 16.7 Å². The zero-order valence-corrected chi connectivity index (χ0v) is 29.5. The third-order valence-electron chi connectivity index (χ3n) is 9.80.